The van der Waals surface area contributed by atoms with Crippen molar-refractivity contribution in [1.29, 1.82) is 0 Å². The molecule has 2 aromatic heterocycles. The second-order valence-electron chi connectivity index (χ2n) is 4.70. The lowest BCUT2D eigenvalue weighted by molar-refractivity contribution is 0.996. The summed E-state index contributed by atoms with van der Waals surface area (Å²) in [4.78, 5) is 11.2. The lowest BCUT2D eigenvalue weighted by atomic mass is 10.1. The van der Waals surface area contributed by atoms with E-state index in [1.54, 1.807) is 11.3 Å². The fourth-order valence-electron chi connectivity index (χ4n) is 2.15. The van der Waals surface area contributed by atoms with Crippen LogP contribution in [0.25, 0.3) is 10.2 Å². The minimum Gasteiger partial charge on any atom is -0.222 e. The zero-order chi connectivity index (χ0) is 14.3. The second kappa shape index (κ2) is 5.32. The Labute approximate surface area is 131 Å². The standard InChI is InChI=1S/C15H12Cl2N2S/c1-8-9(2)20-15-13(8)14(17)18-12(19-15)7-10-4-3-5-11(16)6-10/h3-6H,7H2,1-2H3. The Kier molecular flexibility index (Phi) is 3.67. The summed E-state index contributed by atoms with van der Waals surface area (Å²) in [5.41, 5.74) is 2.25. The number of benzene rings is 1. The van der Waals surface area contributed by atoms with Crippen molar-refractivity contribution in [2.45, 2.75) is 20.3 Å². The summed E-state index contributed by atoms with van der Waals surface area (Å²) in [7, 11) is 0. The van der Waals surface area contributed by atoms with E-state index in [2.05, 4.69) is 23.8 Å². The number of nitrogens with zero attached hydrogens (tertiary/aromatic N) is 2. The maximum absolute atomic E-state index is 6.31. The molecule has 0 bridgehead atoms. The topological polar surface area (TPSA) is 25.8 Å². The van der Waals surface area contributed by atoms with Gasteiger partial charge in [-0.15, -0.1) is 11.3 Å². The van der Waals surface area contributed by atoms with Gasteiger partial charge < -0.3 is 0 Å². The molecule has 0 unspecified atom stereocenters. The van der Waals surface area contributed by atoms with E-state index in [0.29, 0.717) is 11.6 Å². The molecule has 3 rings (SSSR count). The molecule has 0 spiro atoms. The van der Waals surface area contributed by atoms with E-state index >= 15 is 0 Å². The van der Waals surface area contributed by atoms with Crippen molar-refractivity contribution in [2.24, 2.45) is 0 Å². The van der Waals surface area contributed by atoms with Gasteiger partial charge in [-0.1, -0.05) is 35.3 Å². The Morgan fingerprint density at radius 3 is 2.70 bits per heavy atom. The molecule has 1 aromatic carbocycles. The summed E-state index contributed by atoms with van der Waals surface area (Å²) in [6.07, 6.45) is 0.631. The summed E-state index contributed by atoms with van der Waals surface area (Å²) in [6, 6.07) is 7.72. The Balaban J connectivity index is 2.05. The van der Waals surface area contributed by atoms with Crippen molar-refractivity contribution in [2.75, 3.05) is 0 Å². The first kappa shape index (κ1) is 13.8. The maximum Gasteiger partial charge on any atom is 0.141 e. The molecule has 102 valence electrons. The van der Waals surface area contributed by atoms with Gasteiger partial charge in [0.15, 0.2) is 0 Å². The monoisotopic (exact) mass is 322 g/mol. The minimum atomic E-state index is 0.536. The highest BCUT2D eigenvalue weighted by atomic mass is 35.5. The zero-order valence-electron chi connectivity index (χ0n) is 11.1. The predicted molar refractivity (Wildman–Crippen MR) is 86.2 cm³/mol. The number of aromatic nitrogens is 2. The third kappa shape index (κ3) is 2.53. The number of hydrogen-bond acceptors (Lipinski definition) is 3. The first-order valence-electron chi connectivity index (χ1n) is 6.21. The number of fused-ring (bicyclic) bond motifs is 1. The molecule has 3 aromatic rings. The first-order valence-corrected chi connectivity index (χ1v) is 7.78. The lowest BCUT2D eigenvalue weighted by Crippen LogP contribution is -1.97. The van der Waals surface area contributed by atoms with Crippen LogP contribution >= 0.6 is 34.5 Å². The number of hydrogen-bond donors (Lipinski definition) is 0. The average molecular weight is 323 g/mol. The van der Waals surface area contributed by atoms with Crippen LogP contribution in [0.15, 0.2) is 24.3 Å². The molecular formula is C15H12Cl2N2S. The van der Waals surface area contributed by atoms with Gasteiger partial charge in [0.2, 0.25) is 0 Å². The van der Waals surface area contributed by atoms with Crippen LogP contribution in [-0.2, 0) is 6.42 Å². The van der Waals surface area contributed by atoms with Gasteiger partial charge in [-0.3, -0.25) is 0 Å². The number of rotatable bonds is 2. The molecule has 0 saturated heterocycles. The summed E-state index contributed by atoms with van der Waals surface area (Å²) in [5, 5.41) is 2.23. The molecule has 0 aliphatic heterocycles. The van der Waals surface area contributed by atoms with Crippen molar-refractivity contribution in [1.82, 2.24) is 9.97 Å². The van der Waals surface area contributed by atoms with Gasteiger partial charge in [0, 0.05) is 16.3 Å². The van der Waals surface area contributed by atoms with E-state index in [1.165, 1.54) is 10.4 Å². The summed E-state index contributed by atoms with van der Waals surface area (Å²) >= 11 is 14.0. The van der Waals surface area contributed by atoms with Gasteiger partial charge >= 0.3 is 0 Å². The molecular weight excluding hydrogens is 311 g/mol. The highest BCUT2D eigenvalue weighted by Crippen LogP contribution is 2.33. The van der Waals surface area contributed by atoms with E-state index in [1.807, 2.05) is 24.3 Å². The molecule has 0 aliphatic rings. The van der Waals surface area contributed by atoms with Gasteiger partial charge in [-0.05, 0) is 37.1 Å². The molecule has 0 fully saturated rings. The molecule has 2 heterocycles. The Bertz CT molecular complexity index is 796. The molecule has 0 amide bonds. The second-order valence-corrected chi connectivity index (χ2v) is 6.70. The largest absolute Gasteiger partial charge is 0.222 e. The third-order valence-electron chi connectivity index (χ3n) is 3.28. The average Bonchev–Trinajstić information content (AvgIpc) is 2.65. The van der Waals surface area contributed by atoms with Gasteiger partial charge in [-0.2, -0.15) is 0 Å². The molecule has 5 heteroatoms. The van der Waals surface area contributed by atoms with E-state index < -0.39 is 0 Å². The molecule has 0 saturated carbocycles. The molecule has 0 N–H and O–H groups in total. The van der Waals surface area contributed by atoms with Crippen LogP contribution in [0.1, 0.15) is 21.8 Å². The fourth-order valence-corrected chi connectivity index (χ4v) is 3.80. The van der Waals surface area contributed by atoms with Crippen LogP contribution in [0.3, 0.4) is 0 Å². The van der Waals surface area contributed by atoms with Crippen LogP contribution in [0.5, 0.6) is 0 Å². The van der Waals surface area contributed by atoms with E-state index in [9.17, 15) is 0 Å². The zero-order valence-corrected chi connectivity index (χ0v) is 13.4. The predicted octanol–water partition coefficient (Wildman–Crippen LogP) is 5.21. The maximum atomic E-state index is 6.31. The lowest BCUT2D eigenvalue weighted by Gasteiger charge is -2.03. The highest BCUT2D eigenvalue weighted by Gasteiger charge is 2.13. The molecule has 0 radical (unpaired) electrons. The summed E-state index contributed by atoms with van der Waals surface area (Å²) in [5.74, 6) is 0.728. The first-order chi connectivity index (χ1) is 9.54. The molecule has 0 aliphatic carbocycles. The van der Waals surface area contributed by atoms with Crippen molar-refractivity contribution >= 4 is 44.8 Å². The van der Waals surface area contributed by atoms with E-state index in [0.717, 1.165) is 26.6 Å². The van der Waals surface area contributed by atoms with Gasteiger partial charge in [-0.25, -0.2) is 9.97 Å². The van der Waals surface area contributed by atoms with Crippen molar-refractivity contribution in [3.63, 3.8) is 0 Å². The van der Waals surface area contributed by atoms with E-state index in [4.69, 9.17) is 23.2 Å². The van der Waals surface area contributed by atoms with Crippen LogP contribution in [0, 0.1) is 13.8 Å². The molecule has 20 heavy (non-hydrogen) atoms. The molecule has 2 nitrogen and oxygen atoms in total. The van der Waals surface area contributed by atoms with Gasteiger partial charge in [0.1, 0.15) is 15.8 Å². The van der Waals surface area contributed by atoms with Crippen molar-refractivity contribution < 1.29 is 0 Å². The number of aryl methyl sites for hydroxylation is 2. The quantitative estimate of drug-likeness (QED) is 0.605. The van der Waals surface area contributed by atoms with Gasteiger partial charge in [0.05, 0.1) is 5.39 Å². The third-order valence-corrected chi connectivity index (χ3v) is 4.89. The summed E-state index contributed by atoms with van der Waals surface area (Å²) < 4.78 is 0. The Morgan fingerprint density at radius 1 is 1.15 bits per heavy atom. The number of thiophene rings is 1. The van der Waals surface area contributed by atoms with Crippen molar-refractivity contribution in [3.05, 3.63) is 56.3 Å². The Morgan fingerprint density at radius 2 is 1.95 bits per heavy atom. The normalized spacial score (nSPS) is 11.2. The van der Waals surface area contributed by atoms with Crippen LogP contribution in [0.2, 0.25) is 10.2 Å². The fraction of sp³-hybridized carbons (Fsp3) is 0.200. The number of halogens is 2. The Hall–Kier alpha value is -1.16. The highest BCUT2D eigenvalue weighted by molar-refractivity contribution is 7.18. The summed E-state index contributed by atoms with van der Waals surface area (Å²) in [6.45, 7) is 4.13. The van der Waals surface area contributed by atoms with Crippen molar-refractivity contribution in [3.8, 4) is 0 Å². The van der Waals surface area contributed by atoms with Crippen LogP contribution in [-0.4, -0.2) is 9.97 Å². The SMILES string of the molecule is Cc1sc2nc(Cc3cccc(Cl)c3)nc(Cl)c2c1C. The minimum absolute atomic E-state index is 0.536. The smallest absolute Gasteiger partial charge is 0.141 e. The molecule has 0 atom stereocenters. The van der Waals surface area contributed by atoms with Crippen LogP contribution in [0.4, 0.5) is 0 Å². The van der Waals surface area contributed by atoms with Crippen LogP contribution < -0.4 is 0 Å². The van der Waals surface area contributed by atoms with E-state index in [-0.39, 0.29) is 0 Å². The van der Waals surface area contributed by atoms with Gasteiger partial charge in [0.25, 0.3) is 0 Å².